The first-order valence-electron chi connectivity index (χ1n) is 12.0. The van der Waals surface area contributed by atoms with Crippen molar-refractivity contribution in [2.45, 2.75) is 26.1 Å². The molecule has 6 heteroatoms. The summed E-state index contributed by atoms with van der Waals surface area (Å²) in [4.78, 5) is 7.27. The Morgan fingerprint density at radius 2 is 1.60 bits per heavy atom. The van der Waals surface area contributed by atoms with Crippen molar-refractivity contribution in [3.63, 3.8) is 0 Å². The average molecular weight is 469 g/mol. The van der Waals surface area contributed by atoms with E-state index in [1.54, 1.807) is 7.11 Å². The quantitative estimate of drug-likeness (QED) is 0.371. The fourth-order valence-corrected chi connectivity index (χ4v) is 5.16. The van der Waals surface area contributed by atoms with Gasteiger partial charge in [0.05, 0.1) is 24.8 Å². The monoisotopic (exact) mass is 468 g/mol. The summed E-state index contributed by atoms with van der Waals surface area (Å²) in [5.41, 5.74) is 6.19. The van der Waals surface area contributed by atoms with Crippen LogP contribution in [0, 0.1) is 0 Å². The first-order chi connectivity index (χ1) is 17.1. The van der Waals surface area contributed by atoms with Gasteiger partial charge in [-0.3, -0.25) is 4.98 Å². The molecule has 0 bridgehead atoms. The number of nitrogens with zero attached hydrogens (tertiary/aromatic N) is 2. The summed E-state index contributed by atoms with van der Waals surface area (Å²) < 4.78 is 22.9. The smallest absolute Gasteiger partial charge is 0.231 e. The molecule has 2 aliphatic heterocycles. The highest BCUT2D eigenvalue weighted by Crippen LogP contribution is 2.41. The molecule has 0 saturated carbocycles. The summed E-state index contributed by atoms with van der Waals surface area (Å²) in [5.74, 6) is 2.34. The molecule has 0 N–H and O–H groups in total. The lowest BCUT2D eigenvalue weighted by Crippen LogP contribution is -2.45. The van der Waals surface area contributed by atoms with Crippen LogP contribution in [0.5, 0.6) is 17.2 Å². The first-order valence-corrected chi connectivity index (χ1v) is 12.0. The highest BCUT2D eigenvalue weighted by atomic mass is 16.7. The number of hydrogen-bond donors (Lipinski definition) is 0. The molecule has 6 nitrogen and oxygen atoms in total. The summed E-state index contributed by atoms with van der Waals surface area (Å²) in [6.07, 6.45) is 2.36. The van der Waals surface area contributed by atoms with Crippen molar-refractivity contribution >= 4 is 16.6 Å². The molecule has 3 aromatic carbocycles. The summed E-state index contributed by atoms with van der Waals surface area (Å²) in [6, 6.07) is 20.8. The van der Waals surface area contributed by atoms with Crippen molar-refractivity contribution < 1.29 is 18.9 Å². The van der Waals surface area contributed by atoms with Gasteiger partial charge in [0, 0.05) is 41.5 Å². The number of hydrogen-bond acceptors (Lipinski definition) is 6. The van der Waals surface area contributed by atoms with Gasteiger partial charge in [-0.05, 0) is 55.3 Å². The zero-order valence-corrected chi connectivity index (χ0v) is 20.2. The van der Waals surface area contributed by atoms with Gasteiger partial charge in [0.15, 0.2) is 11.5 Å². The van der Waals surface area contributed by atoms with Crippen LogP contribution in [0.25, 0.3) is 33.2 Å². The van der Waals surface area contributed by atoms with E-state index in [0.29, 0.717) is 0 Å². The van der Waals surface area contributed by atoms with E-state index in [2.05, 4.69) is 55.1 Å². The first kappa shape index (κ1) is 21.7. The van der Waals surface area contributed by atoms with Crippen LogP contribution in [-0.4, -0.2) is 44.2 Å². The number of ether oxygens (including phenoxy) is 4. The van der Waals surface area contributed by atoms with Crippen LogP contribution in [0.3, 0.4) is 0 Å². The van der Waals surface area contributed by atoms with Crippen LogP contribution in [0.1, 0.15) is 13.8 Å². The third-order valence-electron chi connectivity index (χ3n) is 6.70. The maximum Gasteiger partial charge on any atom is 0.231 e. The molecule has 0 radical (unpaired) electrons. The fraction of sp³-hybridized carbons (Fsp3) is 0.276. The van der Waals surface area contributed by atoms with Gasteiger partial charge in [0.25, 0.3) is 0 Å². The second kappa shape index (κ2) is 8.78. The maximum atomic E-state index is 5.94. The number of pyridine rings is 1. The van der Waals surface area contributed by atoms with Gasteiger partial charge in [-0.15, -0.1) is 0 Å². The molecule has 1 saturated heterocycles. The molecule has 0 amide bonds. The Kier molecular flexibility index (Phi) is 5.46. The minimum absolute atomic E-state index is 0.224. The topological polar surface area (TPSA) is 53.1 Å². The van der Waals surface area contributed by atoms with E-state index in [9.17, 15) is 0 Å². The number of anilines is 1. The van der Waals surface area contributed by atoms with Crippen molar-refractivity contribution in [1.29, 1.82) is 0 Å². The third kappa shape index (κ3) is 3.94. The Labute approximate surface area is 205 Å². The van der Waals surface area contributed by atoms with Gasteiger partial charge in [0.2, 0.25) is 6.79 Å². The van der Waals surface area contributed by atoms with Crippen LogP contribution in [0.4, 0.5) is 5.69 Å². The van der Waals surface area contributed by atoms with Crippen LogP contribution in [0.2, 0.25) is 0 Å². The predicted octanol–water partition coefficient (Wildman–Crippen LogP) is 5.92. The molecule has 35 heavy (non-hydrogen) atoms. The number of rotatable bonds is 4. The van der Waals surface area contributed by atoms with Crippen LogP contribution in [-0.2, 0) is 4.74 Å². The standard InChI is InChI=1S/C29H28N2O4/c1-18-15-31(16-19(2)35-18)22-10-7-20(8-11-22)25-14-30-28-23(5-4-6-24(28)29(25)32-3)21-9-12-26-27(13-21)34-17-33-26/h4-14,18-19H,15-17H2,1-3H3/t18-,19+. The molecule has 6 rings (SSSR count). The minimum atomic E-state index is 0.224. The lowest BCUT2D eigenvalue weighted by atomic mass is 9.98. The van der Waals surface area contributed by atoms with Gasteiger partial charge < -0.3 is 23.8 Å². The summed E-state index contributed by atoms with van der Waals surface area (Å²) in [5, 5.41) is 0.972. The van der Waals surface area contributed by atoms with Crippen molar-refractivity contribution in [2.24, 2.45) is 0 Å². The number of para-hydroxylation sites is 1. The number of fused-ring (bicyclic) bond motifs is 2. The van der Waals surface area contributed by atoms with E-state index in [4.69, 9.17) is 23.9 Å². The molecule has 4 aromatic rings. The van der Waals surface area contributed by atoms with Gasteiger partial charge in [-0.25, -0.2) is 0 Å². The van der Waals surface area contributed by atoms with E-state index in [1.165, 1.54) is 5.69 Å². The second-order valence-electron chi connectivity index (χ2n) is 9.18. The van der Waals surface area contributed by atoms with Crippen molar-refractivity contribution in [1.82, 2.24) is 4.98 Å². The lowest BCUT2D eigenvalue weighted by molar-refractivity contribution is -0.00521. The number of morpholine rings is 1. The summed E-state index contributed by atoms with van der Waals surface area (Å²) in [6.45, 7) is 6.30. The van der Waals surface area contributed by atoms with Gasteiger partial charge in [-0.1, -0.05) is 30.3 Å². The zero-order valence-electron chi connectivity index (χ0n) is 20.2. The lowest BCUT2D eigenvalue weighted by Gasteiger charge is -2.36. The molecule has 2 atom stereocenters. The minimum Gasteiger partial charge on any atom is -0.495 e. The van der Waals surface area contributed by atoms with Crippen molar-refractivity contribution in [3.05, 3.63) is 66.9 Å². The number of benzene rings is 3. The van der Waals surface area contributed by atoms with E-state index in [0.717, 1.165) is 63.5 Å². The normalized spacial score (nSPS) is 19.2. The molecule has 1 fully saturated rings. The number of methoxy groups -OCH3 is 1. The molecule has 2 aliphatic rings. The molecular weight excluding hydrogens is 440 g/mol. The molecular formula is C29H28N2O4. The Bertz CT molecular complexity index is 1380. The van der Waals surface area contributed by atoms with Crippen LogP contribution >= 0.6 is 0 Å². The number of aromatic nitrogens is 1. The van der Waals surface area contributed by atoms with Crippen LogP contribution < -0.4 is 19.1 Å². The fourth-order valence-electron chi connectivity index (χ4n) is 5.16. The summed E-state index contributed by atoms with van der Waals surface area (Å²) >= 11 is 0. The predicted molar refractivity (Wildman–Crippen MR) is 138 cm³/mol. The molecule has 1 aromatic heterocycles. The van der Waals surface area contributed by atoms with Crippen molar-refractivity contribution in [3.8, 4) is 39.5 Å². The highest BCUT2D eigenvalue weighted by molar-refractivity contribution is 6.00. The van der Waals surface area contributed by atoms with E-state index >= 15 is 0 Å². The van der Waals surface area contributed by atoms with Gasteiger partial charge in [0.1, 0.15) is 5.75 Å². The van der Waals surface area contributed by atoms with E-state index in [1.807, 2.05) is 30.5 Å². The third-order valence-corrected chi connectivity index (χ3v) is 6.70. The average Bonchev–Trinajstić information content (AvgIpc) is 3.35. The maximum absolute atomic E-state index is 5.94. The Hall–Kier alpha value is -3.77. The SMILES string of the molecule is COc1c(-c2ccc(N3C[C@@H](C)O[C@@H](C)C3)cc2)cnc2c(-c3ccc4c(c3)OCO4)cccc12. The van der Waals surface area contributed by atoms with E-state index < -0.39 is 0 Å². The zero-order chi connectivity index (χ0) is 23.9. The molecule has 3 heterocycles. The van der Waals surface area contributed by atoms with E-state index in [-0.39, 0.29) is 19.0 Å². The molecule has 0 aliphatic carbocycles. The molecule has 178 valence electrons. The van der Waals surface area contributed by atoms with Crippen molar-refractivity contribution in [2.75, 3.05) is 31.9 Å². The van der Waals surface area contributed by atoms with Gasteiger partial charge in [-0.2, -0.15) is 0 Å². The summed E-state index contributed by atoms with van der Waals surface area (Å²) in [7, 11) is 1.72. The molecule has 0 unspecified atom stereocenters. The highest BCUT2D eigenvalue weighted by Gasteiger charge is 2.23. The van der Waals surface area contributed by atoms with Gasteiger partial charge >= 0.3 is 0 Å². The Morgan fingerprint density at radius 3 is 2.37 bits per heavy atom. The Balaban J connectivity index is 1.37. The van der Waals surface area contributed by atoms with Crippen LogP contribution in [0.15, 0.2) is 66.9 Å². The Morgan fingerprint density at radius 1 is 0.857 bits per heavy atom. The largest absolute Gasteiger partial charge is 0.495 e. The second-order valence-corrected chi connectivity index (χ2v) is 9.18. The molecule has 0 spiro atoms.